The van der Waals surface area contributed by atoms with Crippen LogP contribution in [-0.4, -0.2) is 48.7 Å². The minimum atomic E-state index is -0.223. The van der Waals surface area contributed by atoms with Gasteiger partial charge in [0, 0.05) is 31.1 Å². The lowest BCUT2D eigenvalue weighted by atomic mass is 9.62. The number of ether oxygens (including phenoxy) is 1. The molecule has 0 bridgehead atoms. The Hall–Kier alpha value is -2.17. The van der Waals surface area contributed by atoms with Crippen molar-refractivity contribution in [3.8, 4) is 0 Å². The van der Waals surface area contributed by atoms with Crippen LogP contribution in [0.15, 0.2) is 35.3 Å². The number of hydrogen-bond donors (Lipinski definition) is 0. The van der Waals surface area contributed by atoms with Gasteiger partial charge >= 0.3 is 6.09 Å². The van der Waals surface area contributed by atoms with Crippen LogP contribution in [0, 0.1) is 23.7 Å². The normalized spacial score (nSPS) is 30.9. The van der Waals surface area contributed by atoms with E-state index >= 15 is 0 Å². The molecule has 1 aromatic rings. The molecule has 1 aliphatic carbocycles. The zero-order valence-corrected chi connectivity index (χ0v) is 17.5. The van der Waals surface area contributed by atoms with E-state index < -0.39 is 0 Å². The molecule has 1 saturated carbocycles. The first-order valence-electron chi connectivity index (χ1n) is 11.1. The van der Waals surface area contributed by atoms with E-state index in [0.717, 1.165) is 45.2 Å². The number of nitrogens with zero attached hydrogens (tertiary/aromatic N) is 2. The molecule has 5 unspecified atom stereocenters. The highest BCUT2D eigenvalue weighted by Gasteiger charge is 2.49. The van der Waals surface area contributed by atoms with Crippen LogP contribution in [0.2, 0.25) is 0 Å². The lowest BCUT2D eigenvalue weighted by molar-refractivity contribution is -0.120. The Balaban J connectivity index is 1.61. The average molecular weight is 397 g/mol. The van der Waals surface area contributed by atoms with Crippen LogP contribution in [0.25, 0.3) is 0 Å². The number of benzene rings is 1. The minimum Gasteiger partial charge on any atom is -0.453 e. The van der Waals surface area contributed by atoms with Gasteiger partial charge in [0.25, 0.3) is 0 Å². The SMILES string of the molecule is CCCC(=O)C1CCC2C(=N1)CC1CN(C(=O)OC)CC1C2Cc1ccccc1. The smallest absolute Gasteiger partial charge is 0.409 e. The Morgan fingerprint density at radius 2 is 1.97 bits per heavy atom. The minimum absolute atomic E-state index is 0.145. The summed E-state index contributed by atoms with van der Waals surface area (Å²) in [5, 5.41) is 0. The van der Waals surface area contributed by atoms with Gasteiger partial charge in [0.1, 0.15) is 6.04 Å². The molecule has 1 aromatic carbocycles. The fourth-order valence-electron chi connectivity index (χ4n) is 5.80. The van der Waals surface area contributed by atoms with Crippen LogP contribution in [0.3, 0.4) is 0 Å². The molecule has 0 N–H and O–H groups in total. The average Bonchev–Trinajstić information content (AvgIpc) is 3.17. The highest BCUT2D eigenvalue weighted by Crippen LogP contribution is 2.47. The third-order valence-corrected chi connectivity index (χ3v) is 7.15. The van der Waals surface area contributed by atoms with E-state index in [1.165, 1.54) is 18.4 Å². The number of ketones is 1. The monoisotopic (exact) mass is 396 g/mol. The van der Waals surface area contributed by atoms with Crippen molar-refractivity contribution >= 4 is 17.6 Å². The second-order valence-electron chi connectivity index (χ2n) is 8.89. The van der Waals surface area contributed by atoms with E-state index in [1.807, 2.05) is 4.90 Å². The van der Waals surface area contributed by atoms with Crippen molar-refractivity contribution < 1.29 is 14.3 Å². The van der Waals surface area contributed by atoms with Gasteiger partial charge in [-0.2, -0.15) is 0 Å². The van der Waals surface area contributed by atoms with Crippen LogP contribution in [0.1, 0.15) is 44.6 Å². The van der Waals surface area contributed by atoms with Crippen LogP contribution in [0.5, 0.6) is 0 Å². The van der Waals surface area contributed by atoms with Crippen molar-refractivity contribution in [1.29, 1.82) is 0 Å². The number of fused-ring (bicyclic) bond motifs is 2. The Labute approximate surface area is 173 Å². The van der Waals surface area contributed by atoms with E-state index in [4.69, 9.17) is 9.73 Å². The molecule has 5 heteroatoms. The van der Waals surface area contributed by atoms with Crippen molar-refractivity contribution in [2.45, 2.75) is 51.5 Å². The van der Waals surface area contributed by atoms with E-state index in [9.17, 15) is 9.59 Å². The van der Waals surface area contributed by atoms with Gasteiger partial charge in [-0.25, -0.2) is 4.79 Å². The summed E-state index contributed by atoms with van der Waals surface area (Å²) in [6.07, 6.45) is 5.13. The van der Waals surface area contributed by atoms with E-state index in [0.29, 0.717) is 35.9 Å². The molecule has 5 atom stereocenters. The zero-order valence-electron chi connectivity index (χ0n) is 17.5. The largest absolute Gasteiger partial charge is 0.453 e. The predicted octanol–water partition coefficient (Wildman–Crippen LogP) is 4.15. The fourth-order valence-corrected chi connectivity index (χ4v) is 5.80. The number of aliphatic imine (C=N–C) groups is 1. The van der Waals surface area contributed by atoms with Gasteiger partial charge in [0.15, 0.2) is 5.78 Å². The van der Waals surface area contributed by atoms with Crippen LogP contribution in [-0.2, 0) is 16.0 Å². The number of methoxy groups -OCH3 is 1. The molecular weight excluding hydrogens is 364 g/mol. The van der Waals surface area contributed by atoms with E-state index in [1.54, 1.807) is 0 Å². The lowest BCUT2D eigenvalue weighted by Crippen LogP contribution is -2.44. The molecule has 2 fully saturated rings. The molecule has 2 heterocycles. The summed E-state index contributed by atoms with van der Waals surface area (Å²) >= 11 is 0. The highest BCUT2D eigenvalue weighted by molar-refractivity contribution is 5.93. The Kier molecular flexibility index (Phi) is 6.02. The molecule has 156 valence electrons. The predicted molar refractivity (Wildman–Crippen MR) is 113 cm³/mol. The third kappa shape index (κ3) is 4.10. The number of carbonyl (C=O) groups excluding carboxylic acids is 2. The number of hydrogen-bond acceptors (Lipinski definition) is 4. The van der Waals surface area contributed by atoms with Crippen LogP contribution >= 0.6 is 0 Å². The molecular formula is C24H32N2O3. The lowest BCUT2D eigenvalue weighted by Gasteiger charge is -2.43. The molecule has 1 amide bonds. The zero-order chi connectivity index (χ0) is 20.4. The molecule has 0 radical (unpaired) electrons. The van der Waals surface area contributed by atoms with Gasteiger partial charge in [-0.1, -0.05) is 37.3 Å². The molecule has 0 spiro atoms. The van der Waals surface area contributed by atoms with Gasteiger partial charge in [0.05, 0.1) is 7.11 Å². The number of carbonyl (C=O) groups is 2. The first-order valence-corrected chi connectivity index (χ1v) is 11.1. The van der Waals surface area contributed by atoms with Gasteiger partial charge in [-0.15, -0.1) is 0 Å². The fraction of sp³-hybridized carbons (Fsp3) is 0.625. The Bertz CT molecular complexity index is 776. The number of rotatable bonds is 5. The standard InChI is InChI=1S/C24H32N2O3/c1-3-7-23(27)21-11-10-18-19(12-16-8-5-4-6-9-16)20-15-26(24(28)29-2)14-17(20)13-22(18)25-21/h4-6,8-9,17-21H,3,7,10-15H2,1-2H3. The third-order valence-electron chi connectivity index (χ3n) is 7.15. The number of likely N-dealkylation sites (tertiary alicyclic amines) is 1. The summed E-state index contributed by atoms with van der Waals surface area (Å²) in [7, 11) is 1.46. The van der Waals surface area contributed by atoms with Gasteiger partial charge < -0.3 is 9.64 Å². The molecule has 0 aromatic heterocycles. The molecule has 3 aliphatic rings. The summed E-state index contributed by atoms with van der Waals surface area (Å²) in [5.74, 6) is 2.08. The van der Waals surface area contributed by atoms with Crippen molar-refractivity contribution in [3.05, 3.63) is 35.9 Å². The van der Waals surface area contributed by atoms with Crippen LogP contribution < -0.4 is 0 Å². The molecule has 2 aliphatic heterocycles. The maximum atomic E-state index is 12.5. The topological polar surface area (TPSA) is 59.0 Å². The quantitative estimate of drug-likeness (QED) is 0.751. The van der Waals surface area contributed by atoms with Crippen molar-refractivity contribution in [2.24, 2.45) is 28.7 Å². The van der Waals surface area contributed by atoms with Crippen molar-refractivity contribution in [3.63, 3.8) is 0 Å². The second-order valence-corrected chi connectivity index (χ2v) is 8.89. The van der Waals surface area contributed by atoms with Crippen molar-refractivity contribution in [2.75, 3.05) is 20.2 Å². The van der Waals surface area contributed by atoms with Crippen LogP contribution in [0.4, 0.5) is 4.79 Å². The number of amides is 1. The van der Waals surface area contributed by atoms with E-state index in [2.05, 4.69) is 37.3 Å². The first kappa shape index (κ1) is 20.1. The highest BCUT2D eigenvalue weighted by atomic mass is 16.5. The summed E-state index contributed by atoms with van der Waals surface area (Å²) in [6.45, 7) is 3.57. The summed E-state index contributed by atoms with van der Waals surface area (Å²) in [4.78, 5) is 31.5. The first-order chi connectivity index (χ1) is 14.1. The molecule has 4 rings (SSSR count). The van der Waals surface area contributed by atoms with Gasteiger partial charge in [-0.05, 0) is 55.4 Å². The summed E-state index contributed by atoms with van der Waals surface area (Å²) < 4.78 is 5.00. The molecule has 5 nitrogen and oxygen atoms in total. The second kappa shape index (κ2) is 8.68. The summed E-state index contributed by atoms with van der Waals surface area (Å²) in [5.41, 5.74) is 2.58. The Morgan fingerprint density at radius 1 is 1.17 bits per heavy atom. The Morgan fingerprint density at radius 3 is 2.69 bits per heavy atom. The molecule has 1 saturated heterocycles. The maximum absolute atomic E-state index is 12.5. The van der Waals surface area contributed by atoms with E-state index in [-0.39, 0.29) is 12.1 Å². The maximum Gasteiger partial charge on any atom is 0.409 e. The van der Waals surface area contributed by atoms with Gasteiger partial charge in [-0.3, -0.25) is 9.79 Å². The summed E-state index contributed by atoms with van der Waals surface area (Å²) in [6, 6.07) is 10.5. The molecule has 29 heavy (non-hydrogen) atoms. The van der Waals surface area contributed by atoms with Crippen molar-refractivity contribution in [1.82, 2.24) is 4.90 Å². The van der Waals surface area contributed by atoms with Gasteiger partial charge in [0.2, 0.25) is 0 Å². The number of Topliss-reactive ketones (excluding diaryl/α,β-unsaturated/α-hetero) is 1.